The third-order valence-corrected chi connectivity index (χ3v) is 4.19. The number of methoxy groups -OCH3 is 3. The number of fused-ring (bicyclic) bond motifs is 1. The van der Waals surface area contributed by atoms with E-state index in [1.807, 2.05) is 38.4 Å². The fourth-order valence-electron chi connectivity index (χ4n) is 3.05. The summed E-state index contributed by atoms with van der Waals surface area (Å²) in [5, 5.41) is 0. The van der Waals surface area contributed by atoms with Crippen LogP contribution in [-0.2, 0) is 14.1 Å². The van der Waals surface area contributed by atoms with Gasteiger partial charge in [0.1, 0.15) is 11.3 Å². The third kappa shape index (κ3) is 2.29. The van der Waals surface area contributed by atoms with Crippen LogP contribution in [0.1, 0.15) is 0 Å². The van der Waals surface area contributed by atoms with Crippen molar-refractivity contribution in [1.82, 2.24) is 4.57 Å². The molecule has 120 valence electrons. The van der Waals surface area contributed by atoms with Gasteiger partial charge in [-0.25, -0.2) is 9.13 Å². The summed E-state index contributed by atoms with van der Waals surface area (Å²) in [6.45, 7) is 0. The number of benzene rings is 2. The molecule has 0 spiro atoms. The van der Waals surface area contributed by atoms with E-state index in [9.17, 15) is 0 Å². The lowest BCUT2D eigenvalue weighted by Gasteiger charge is -2.12. The molecule has 0 aliphatic carbocycles. The molecule has 0 aliphatic rings. The molecule has 0 atom stereocenters. The highest BCUT2D eigenvalue weighted by atomic mass is 16.5. The lowest BCUT2D eigenvalue weighted by molar-refractivity contribution is -0.634. The van der Waals surface area contributed by atoms with Crippen molar-refractivity contribution in [1.29, 1.82) is 0 Å². The zero-order valence-electron chi connectivity index (χ0n) is 14.1. The minimum absolute atomic E-state index is 0.648. The Labute approximate surface area is 135 Å². The van der Waals surface area contributed by atoms with Crippen LogP contribution in [0.15, 0.2) is 36.4 Å². The summed E-state index contributed by atoms with van der Waals surface area (Å²) in [5.41, 5.74) is 3.26. The van der Waals surface area contributed by atoms with Crippen LogP contribution in [-0.4, -0.2) is 25.9 Å². The fraction of sp³-hybridized carbons (Fsp3) is 0.278. The molecule has 0 N–H and O–H groups in total. The fourth-order valence-corrected chi connectivity index (χ4v) is 3.05. The topological polar surface area (TPSA) is 36.5 Å². The van der Waals surface area contributed by atoms with Gasteiger partial charge in [-0.15, -0.1) is 0 Å². The van der Waals surface area contributed by atoms with E-state index in [-0.39, 0.29) is 0 Å². The first-order valence-electron chi connectivity index (χ1n) is 7.36. The molecule has 3 rings (SSSR count). The largest absolute Gasteiger partial charge is 0.496 e. The molecule has 0 fully saturated rings. The van der Waals surface area contributed by atoms with E-state index < -0.39 is 0 Å². The van der Waals surface area contributed by atoms with Crippen molar-refractivity contribution in [3.05, 3.63) is 36.4 Å². The van der Waals surface area contributed by atoms with Gasteiger partial charge < -0.3 is 14.2 Å². The van der Waals surface area contributed by atoms with Gasteiger partial charge in [-0.3, -0.25) is 0 Å². The average molecular weight is 313 g/mol. The number of hydrogen-bond donors (Lipinski definition) is 0. The molecule has 0 radical (unpaired) electrons. The van der Waals surface area contributed by atoms with Gasteiger partial charge in [0.2, 0.25) is 0 Å². The summed E-state index contributed by atoms with van der Waals surface area (Å²) in [6.07, 6.45) is 0. The highest BCUT2D eigenvalue weighted by molar-refractivity contribution is 5.78. The number of para-hydroxylation sites is 2. The number of imidazole rings is 1. The van der Waals surface area contributed by atoms with Crippen LogP contribution < -0.4 is 18.8 Å². The van der Waals surface area contributed by atoms with Gasteiger partial charge in [-0.1, -0.05) is 12.1 Å². The first kappa shape index (κ1) is 15.2. The normalized spacial score (nSPS) is 10.8. The molecule has 0 unspecified atom stereocenters. The third-order valence-electron chi connectivity index (χ3n) is 4.19. The van der Waals surface area contributed by atoms with Crippen molar-refractivity contribution in [2.75, 3.05) is 21.3 Å². The highest BCUT2D eigenvalue weighted by Gasteiger charge is 2.26. The van der Waals surface area contributed by atoms with Crippen LogP contribution in [0.25, 0.3) is 22.4 Å². The van der Waals surface area contributed by atoms with E-state index in [1.165, 1.54) is 0 Å². The van der Waals surface area contributed by atoms with Crippen molar-refractivity contribution in [2.24, 2.45) is 14.1 Å². The Morgan fingerprint density at radius 3 is 2.09 bits per heavy atom. The molecule has 0 bridgehead atoms. The second kappa shape index (κ2) is 5.83. The van der Waals surface area contributed by atoms with Crippen LogP contribution in [0.2, 0.25) is 0 Å². The molecular formula is C18H21N2O3+. The number of rotatable bonds is 4. The predicted molar refractivity (Wildman–Crippen MR) is 89.2 cm³/mol. The van der Waals surface area contributed by atoms with Gasteiger partial charge in [0, 0.05) is 12.1 Å². The summed E-state index contributed by atoms with van der Waals surface area (Å²) in [7, 11) is 9.01. The minimum Gasteiger partial charge on any atom is -0.496 e. The van der Waals surface area contributed by atoms with Gasteiger partial charge in [-0.2, -0.15) is 0 Å². The Kier molecular flexibility index (Phi) is 3.86. The van der Waals surface area contributed by atoms with Gasteiger partial charge in [0.15, 0.2) is 22.5 Å². The maximum Gasteiger partial charge on any atom is 0.293 e. The molecule has 0 amide bonds. The Morgan fingerprint density at radius 1 is 0.870 bits per heavy atom. The summed E-state index contributed by atoms with van der Waals surface area (Å²) < 4.78 is 20.7. The van der Waals surface area contributed by atoms with E-state index in [0.717, 1.165) is 28.2 Å². The maximum absolute atomic E-state index is 5.59. The zero-order valence-corrected chi connectivity index (χ0v) is 14.1. The van der Waals surface area contributed by atoms with Crippen molar-refractivity contribution >= 4 is 11.0 Å². The molecule has 2 aromatic carbocycles. The first-order chi connectivity index (χ1) is 11.1. The van der Waals surface area contributed by atoms with Crippen LogP contribution in [0.4, 0.5) is 0 Å². The van der Waals surface area contributed by atoms with Gasteiger partial charge in [-0.05, 0) is 12.1 Å². The summed E-state index contributed by atoms with van der Waals surface area (Å²) in [4.78, 5) is 0. The predicted octanol–water partition coefficient (Wildman–Crippen LogP) is 2.70. The van der Waals surface area contributed by atoms with E-state index in [2.05, 4.69) is 21.3 Å². The van der Waals surface area contributed by atoms with Gasteiger partial charge >= 0.3 is 0 Å². The molecule has 0 aliphatic heterocycles. The number of hydrogen-bond acceptors (Lipinski definition) is 3. The smallest absolute Gasteiger partial charge is 0.293 e. The second-order valence-corrected chi connectivity index (χ2v) is 5.34. The summed E-state index contributed by atoms with van der Waals surface area (Å²) in [6, 6.07) is 12.1. The van der Waals surface area contributed by atoms with Crippen molar-refractivity contribution in [3.8, 4) is 28.6 Å². The summed E-state index contributed by atoms with van der Waals surface area (Å²) >= 11 is 0. The van der Waals surface area contributed by atoms with Crippen molar-refractivity contribution in [2.45, 2.75) is 0 Å². The van der Waals surface area contributed by atoms with Gasteiger partial charge in [0.25, 0.3) is 5.82 Å². The molecule has 0 saturated heterocycles. The van der Waals surface area contributed by atoms with Crippen molar-refractivity contribution < 1.29 is 18.8 Å². The van der Waals surface area contributed by atoms with Gasteiger partial charge in [0.05, 0.1) is 35.4 Å². The lowest BCUT2D eigenvalue weighted by atomic mass is 10.1. The van der Waals surface area contributed by atoms with E-state index in [0.29, 0.717) is 11.5 Å². The van der Waals surface area contributed by atoms with E-state index >= 15 is 0 Å². The Balaban J connectivity index is 2.34. The quantitative estimate of drug-likeness (QED) is 0.695. The number of aromatic nitrogens is 2. The number of aryl methyl sites for hydroxylation is 2. The van der Waals surface area contributed by atoms with Crippen molar-refractivity contribution in [3.63, 3.8) is 0 Å². The van der Waals surface area contributed by atoms with E-state index in [1.54, 1.807) is 21.3 Å². The molecule has 1 aromatic heterocycles. The average Bonchev–Trinajstić information content (AvgIpc) is 2.85. The lowest BCUT2D eigenvalue weighted by Crippen LogP contribution is -2.30. The Hall–Kier alpha value is -2.69. The number of nitrogens with zero attached hydrogens (tertiary/aromatic N) is 2. The first-order valence-corrected chi connectivity index (χ1v) is 7.36. The zero-order chi connectivity index (χ0) is 16.6. The standard InChI is InChI=1S/C18H21N2O3/c1-19-13-8-6-7-9-14(13)20(2)18(19)12-10-16(22-4)17(23-5)11-15(12)21-3/h6-11H,1-5H3/q+1. The SMILES string of the molecule is COc1cc(OC)c(-c2n(C)c3ccccc3[n+]2C)cc1OC. The van der Waals surface area contributed by atoms with Crippen LogP contribution in [0.5, 0.6) is 17.2 Å². The molecule has 5 heteroatoms. The number of ether oxygens (including phenoxy) is 3. The maximum atomic E-state index is 5.59. The minimum atomic E-state index is 0.648. The highest BCUT2D eigenvalue weighted by Crippen LogP contribution is 2.39. The molecule has 23 heavy (non-hydrogen) atoms. The van der Waals surface area contributed by atoms with E-state index in [4.69, 9.17) is 14.2 Å². The molecule has 0 saturated carbocycles. The second-order valence-electron chi connectivity index (χ2n) is 5.34. The molecule has 3 aromatic rings. The van der Waals surface area contributed by atoms with Crippen LogP contribution >= 0.6 is 0 Å². The monoisotopic (exact) mass is 313 g/mol. The Morgan fingerprint density at radius 2 is 1.48 bits per heavy atom. The Bertz CT molecular complexity index is 829. The summed E-state index contributed by atoms with van der Waals surface area (Å²) in [5.74, 6) is 3.09. The molecule has 1 heterocycles. The van der Waals surface area contributed by atoms with Crippen LogP contribution in [0, 0.1) is 0 Å². The molecular weight excluding hydrogens is 292 g/mol. The molecule has 5 nitrogen and oxygen atoms in total. The van der Waals surface area contributed by atoms with Crippen LogP contribution in [0.3, 0.4) is 0 Å².